The first-order valence-corrected chi connectivity index (χ1v) is 10.7. The van der Waals surface area contributed by atoms with Crippen LogP contribution in [0.4, 0.5) is 0 Å². The number of carbonyl (C=O) groups is 2. The van der Waals surface area contributed by atoms with Crippen LogP contribution in [0.1, 0.15) is 117 Å². The molecule has 0 amide bonds. The highest BCUT2D eigenvalue weighted by Crippen LogP contribution is 2.30. The van der Waals surface area contributed by atoms with Gasteiger partial charge in [0.25, 0.3) is 0 Å². The van der Waals surface area contributed by atoms with Crippen molar-refractivity contribution in [1.29, 1.82) is 0 Å². The summed E-state index contributed by atoms with van der Waals surface area (Å²) in [4.78, 5) is 24.7. The van der Waals surface area contributed by atoms with Crippen molar-refractivity contribution in [2.45, 2.75) is 117 Å². The molecule has 0 radical (unpaired) electrons. The molecule has 0 aromatic carbocycles. The number of hydrogen-bond donors (Lipinski definition) is 0. The van der Waals surface area contributed by atoms with Gasteiger partial charge in [-0.3, -0.25) is 9.59 Å². The summed E-state index contributed by atoms with van der Waals surface area (Å²) in [6.45, 7) is 4.46. The lowest BCUT2D eigenvalue weighted by atomic mass is 9.76. The van der Waals surface area contributed by atoms with Gasteiger partial charge in [-0.1, -0.05) is 90.9 Å². The van der Waals surface area contributed by atoms with E-state index in [1.54, 1.807) is 0 Å². The van der Waals surface area contributed by atoms with Crippen molar-refractivity contribution in [3.8, 4) is 0 Å². The van der Waals surface area contributed by atoms with E-state index in [1.165, 1.54) is 64.2 Å². The van der Waals surface area contributed by atoms with E-state index >= 15 is 0 Å². The van der Waals surface area contributed by atoms with E-state index < -0.39 is 0 Å². The Hall–Kier alpha value is -0.660. The van der Waals surface area contributed by atoms with Gasteiger partial charge >= 0.3 is 0 Å². The van der Waals surface area contributed by atoms with Crippen LogP contribution in [0.2, 0.25) is 0 Å². The van der Waals surface area contributed by atoms with E-state index in [1.807, 2.05) is 0 Å². The van der Waals surface area contributed by atoms with Crippen molar-refractivity contribution in [2.75, 3.05) is 0 Å². The van der Waals surface area contributed by atoms with Crippen LogP contribution in [0.3, 0.4) is 0 Å². The standard InChI is InChI=1S/C22H40O2/c1-3-5-7-9-11-13-15-19-17-22(24)20(18-21(19)23)16-14-12-10-8-6-4-2/h19-20H,3-18H2,1-2H3. The molecule has 0 aliphatic heterocycles. The van der Waals surface area contributed by atoms with Crippen molar-refractivity contribution in [1.82, 2.24) is 0 Å². The molecule has 1 fully saturated rings. The maximum Gasteiger partial charge on any atom is 0.137 e. The molecule has 0 saturated heterocycles. The fraction of sp³-hybridized carbons (Fsp3) is 0.909. The molecule has 0 heterocycles. The van der Waals surface area contributed by atoms with Crippen molar-refractivity contribution in [3.63, 3.8) is 0 Å². The van der Waals surface area contributed by atoms with Gasteiger partial charge in [0.15, 0.2) is 0 Å². The molecule has 1 saturated carbocycles. The quantitative estimate of drug-likeness (QED) is 0.333. The lowest BCUT2D eigenvalue weighted by Crippen LogP contribution is -2.32. The van der Waals surface area contributed by atoms with Crippen LogP contribution in [-0.4, -0.2) is 11.6 Å². The molecule has 0 aromatic heterocycles. The second-order valence-corrected chi connectivity index (χ2v) is 7.85. The zero-order valence-corrected chi connectivity index (χ0v) is 16.3. The summed E-state index contributed by atoms with van der Waals surface area (Å²) in [5, 5.41) is 0. The topological polar surface area (TPSA) is 34.1 Å². The van der Waals surface area contributed by atoms with E-state index in [4.69, 9.17) is 0 Å². The molecule has 1 aliphatic carbocycles. The molecule has 2 nitrogen and oxygen atoms in total. The summed E-state index contributed by atoms with van der Waals surface area (Å²) in [6, 6.07) is 0. The van der Waals surface area contributed by atoms with Gasteiger partial charge in [0.1, 0.15) is 11.6 Å². The molecular formula is C22H40O2. The van der Waals surface area contributed by atoms with Crippen LogP contribution in [0, 0.1) is 11.8 Å². The number of unbranched alkanes of at least 4 members (excludes halogenated alkanes) is 10. The van der Waals surface area contributed by atoms with Crippen LogP contribution < -0.4 is 0 Å². The van der Waals surface area contributed by atoms with Gasteiger partial charge in [-0.05, 0) is 12.8 Å². The Bertz CT molecular complexity index is 314. The minimum Gasteiger partial charge on any atom is -0.299 e. The second kappa shape index (κ2) is 13.6. The number of rotatable bonds is 14. The summed E-state index contributed by atoms with van der Waals surface area (Å²) in [5.74, 6) is 0.840. The van der Waals surface area contributed by atoms with Crippen LogP contribution >= 0.6 is 0 Å². The van der Waals surface area contributed by atoms with E-state index in [9.17, 15) is 9.59 Å². The Morgan fingerprint density at radius 2 is 0.917 bits per heavy atom. The Kier molecular flexibility index (Phi) is 12.1. The number of Topliss-reactive ketones (excluding diaryl/α,β-unsaturated/α-hetero) is 2. The summed E-state index contributed by atoms with van der Waals surface area (Å²) in [6.07, 6.45) is 18.0. The molecule has 140 valence electrons. The minimum absolute atomic E-state index is 0.0458. The Labute approximate surface area is 150 Å². The van der Waals surface area contributed by atoms with Crippen LogP contribution in [-0.2, 0) is 9.59 Å². The summed E-state index contributed by atoms with van der Waals surface area (Å²) in [5.41, 5.74) is 0. The van der Waals surface area contributed by atoms with E-state index in [2.05, 4.69) is 13.8 Å². The zero-order chi connectivity index (χ0) is 17.6. The van der Waals surface area contributed by atoms with Gasteiger partial charge in [0.2, 0.25) is 0 Å². The summed E-state index contributed by atoms with van der Waals surface area (Å²) in [7, 11) is 0. The van der Waals surface area contributed by atoms with Gasteiger partial charge in [-0.15, -0.1) is 0 Å². The predicted octanol–water partition coefficient (Wildman–Crippen LogP) is 6.65. The van der Waals surface area contributed by atoms with Crippen molar-refractivity contribution in [3.05, 3.63) is 0 Å². The summed E-state index contributed by atoms with van der Waals surface area (Å²) >= 11 is 0. The molecule has 0 aromatic rings. The van der Waals surface area contributed by atoms with E-state index in [-0.39, 0.29) is 11.8 Å². The normalized spacial score (nSPS) is 21.4. The average Bonchev–Trinajstić information content (AvgIpc) is 2.57. The number of carbonyl (C=O) groups excluding carboxylic acids is 2. The SMILES string of the molecule is CCCCCCCCC1CC(=O)C(CCCCCCCC)CC1=O. The highest BCUT2D eigenvalue weighted by molar-refractivity contribution is 5.96. The molecule has 0 N–H and O–H groups in total. The first kappa shape index (κ1) is 21.4. The van der Waals surface area contributed by atoms with Crippen LogP contribution in [0.15, 0.2) is 0 Å². The fourth-order valence-electron chi connectivity index (χ4n) is 3.91. The smallest absolute Gasteiger partial charge is 0.137 e. The number of ketones is 2. The molecule has 1 aliphatic rings. The monoisotopic (exact) mass is 336 g/mol. The highest BCUT2D eigenvalue weighted by atomic mass is 16.1. The Morgan fingerprint density at radius 1 is 0.583 bits per heavy atom. The predicted molar refractivity (Wildman–Crippen MR) is 102 cm³/mol. The molecule has 1 rings (SSSR count). The molecule has 2 atom stereocenters. The van der Waals surface area contributed by atoms with Crippen LogP contribution in [0.25, 0.3) is 0 Å². The van der Waals surface area contributed by atoms with Gasteiger partial charge < -0.3 is 0 Å². The minimum atomic E-state index is 0.0458. The molecule has 0 spiro atoms. The lowest BCUT2D eigenvalue weighted by Gasteiger charge is -2.26. The summed E-state index contributed by atoms with van der Waals surface area (Å²) < 4.78 is 0. The first-order chi connectivity index (χ1) is 11.7. The molecule has 2 unspecified atom stereocenters. The molecule has 2 heteroatoms. The molecule has 24 heavy (non-hydrogen) atoms. The van der Waals surface area contributed by atoms with Crippen molar-refractivity contribution >= 4 is 11.6 Å². The fourth-order valence-corrected chi connectivity index (χ4v) is 3.91. The molecule has 0 bridgehead atoms. The zero-order valence-electron chi connectivity index (χ0n) is 16.3. The third-order valence-corrected chi connectivity index (χ3v) is 5.62. The maximum absolute atomic E-state index is 12.3. The van der Waals surface area contributed by atoms with Gasteiger partial charge in [0, 0.05) is 24.7 Å². The van der Waals surface area contributed by atoms with Crippen molar-refractivity contribution in [2.24, 2.45) is 11.8 Å². The average molecular weight is 337 g/mol. The third kappa shape index (κ3) is 8.99. The third-order valence-electron chi connectivity index (χ3n) is 5.62. The lowest BCUT2D eigenvalue weighted by molar-refractivity contribution is -0.137. The largest absolute Gasteiger partial charge is 0.299 e. The van der Waals surface area contributed by atoms with Crippen LogP contribution in [0.5, 0.6) is 0 Å². The van der Waals surface area contributed by atoms with Gasteiger partial charge in [-0.2, -0.15) is 0 Å². The van der Waals surface area contributed by atoms with Gasteiger partial charge in [-0.25, -0.2) is 0 Å². The second-order valence-electron chi connectivity index (χ2n) is 7.85. The molecular weight excluding hydrogens is 296 g/mol. The Balaban J connectivity index is 2.14. The van der Waals surface area contributed by atoms with E-state index in [0.29, 0.717) is 24.4 Å². The maximum atomic E-state index is 12.3. The Morgan fingerprint density at radius 3 is 1.29 bits per heavy atom. The first-order valence-electron chi connectivity index (χ1n) is 10.7. The number of hydrogen-bond acceptors (Lipinski definition) is 2. The van der Waals surface area contributed by atoms with Gasteiger partial charge in [0.05, 0.1) is 0 Å². The van der Waals surface area contributed by atoms with Crippen molar-refractivity contribution < 1.29 is 9.59 Å². The highest BCUT2D eigenvalue weighted by Gasteiger charge is 2.33. The van der Waals surface area contributed by atoms with E-state index in [0.717, 1.165) is 25.7 Å².